The van der Waals surface area contributed by atoms with Gasteiger partial charge in [0.1, 0.15) is 0 Å². The average molecular weight is 235 g/mol. The van der Waals surface area contributed by atoms with Gasteiger partial charge in [-0.05, 0) is 57.9 Å². The minimum atomic E-state index is 0.203. The van der Waals surface area contributed by atoms with Gasteiger partial charge in [-0.15, -0.1) is 0 Å². The first kappa shape index (κ1) is 12.2. The quantitative estimate of drug-likeness (QED) is 0.814. The van der Waals surface area contributed by atoms with Crippen molar-refractivity contribution in [3.05, 3.63) is 23.8 Å². The van der Waals surface area contributed by atoms with Crippen LogP contribution in [0.3, 0.4) is 0 Å². The number of aryl methyl sites for hydroxylation is 1. The number of benzene rings is 1. The molecule has 0 aromatic heterocycles. The van der Waals surface area contributed by atoms with Crippen LogP contribution in [-0.2, 0) is 6.42 Å². The maximum atomic E-state index is 5.36. The van der Waals surface area contributed by atoms with Crippen LogP contribution in [0.2, 0.25) is 0 Å². The Morgan fingerprint density at radius 2 is 1.94 bits per heavy atom. The van der Waals surface area contributed by atoms with Crippen LogP contribution in [0.5, 0.6) is 11.5 Å². The summed E-state index contributed by atoms with van der Waals surface area (Å²) in [5.41, 5.74) is 1.51. The van der Waals surface area contributed by atoms with Crippen molar-refractivity contribution in [3.8, 4) is 11.5 Å². The fourth-order valence-corrected chi connectivity index (χ4v) is 1.85. The van der Waals surface area contributed by atoms with Crippen molar-refractivity contribution >= 4 is 0 Å². The van der Waals surface area contributed by atoms with E-state index < -0.39 is 0 Å². The molecule has 1 aromatic carbocycles. The molecule has 1 aliphatic rings. The van der Waals surface area contributed by atoms with Crippen molar-refractivity contribution in [2.45, 2.75) is 39.2 Å². The highest BCUT2D eigenvalue weighted by Crippen LogP contribution is 2.32. The van der Waals surface area contributed by atoms with Crippen LogP contribution in [0.25, 0.3) is 0 Å². The fraction of sp³-hybridized carbons (Fsp3) is 0.571. The number of ether oxygens (including phenoxy) is 2. The number of hydrogen-bond donors (Lipinski definition) is 1. The summed E-state index contributed by atoms with van der Waals surface area (Å²) in [6.45, 7) is 7.96. The van der Waals surface area contributed by atoms with Crippen molar-refractivity contribution in [3.63, 3.8) is 0 Å². The number of fused-ring (bicyclic) bond motifs is 1. The maximum absolute atomic E-state index is 5.36. The molecular weight excluding hydrogens is 214 g/mol. The molecule has 0 amide bonds. The zero-order valence-electron chi connectivity index (χ0n) is 10.9. The zero-order valence-corrected chi connectivity index (χ0v) is 10.9. The highest BCUT2D eigenvalue weighted by Gasteiger charge is 2.13. The number of rotatable bonds is 4. The van der Waals surface area contributed by atoms with Gasteiger partial charge in [-0.1, -0.05) is 6.07 Å². The lowest BCUT2D eigenvalue weighted by Gasteiger charge is -2.20. The minimum Gasteiger partial charge on any atom is -0.454 e. The summed E-state index contributed by atoms with van der Waals surface area (Å²) in [4.78, 5) is 0. The SMILES string of the molecule is CC(C)(C)NCCCc1ccc2c(c1)OCO2. The molecule has 3 nitrogen and oxygen atoms in total. The van der Waals surface area contributed by atoms with Gasteiger partial charge in [-0.3, -0.25) is 0 Å². The Bertz CT molecular complexity index is 382. The van der Waals surface area contributed by atoms with E-state index in [1.165, 1.54) is 5.56 Å². The van der Waals surface area contributed by atoms with E-state index in [1.807, 2.05) is 6.07 Å². The van der Waals surface area contributed by atoms with E-state index >= 15 is 0 Å². The highest BCUT2D eigenvalue weighted by molar-refractivity contribution is 5.44. The molecule has 0 atom stereocenters. The molecule has 1 N–H and O–H groups in total. The monoisotopic (exact) mass is 235 g/mol. The van der Waals surface area contributed by atoms with E-state index in [4.69, 9.17) is 9.47 Å². The molecule has 0 saturated heterocycles. The molecule has 1 aliphatic heterocycles. The predicted molar refractivity (Wildman–Crippen MR) is 68.6 cm³/mol. The average Bonchev–Trinajstić information content (AvgIpc) is 2.70. The summed E-state index contributed by atoms with van der Waals surface area (Å²) in [6.07, 6.45) is 2.20. The van der Waals surface area contributed by atoms with Gasteiger partial charge in [0, 0.05) is 5.54 Å². The van der Waals surface area contributed by atoms with E-state index in [2.05, 4.69) is 38.2 Å². The summed E-state index contributed by atoms with van der Waals surface area (Å²) in [5.74, 6) is 1.74. The van der Waals surface area contributed by atoms with Crippen molar-refractivity contribution in [2.75, 3.05) is 13.3 Å². The Morgan fingerprint density at radius 3 is 2.71 bits per heavy atom. The molecule has 0 unspecified atom stereocenters. The predicted octanol–water partition coefficient (Wildman–Crippen LogP) is 2.74. The first-order chi connectivity index (χ1) is 8.04. The maximum Gasteiger partial charge on any atom is 0.231 e. The summed E-state index contributed by atoms with van der Waals surface area (Å²) in [6, 6.07) is 6.19. The Kier molecular flexibility index (Phi) is 3.57. The molecule has 3 heteroatoms. The molecule has 2 rings (SSSR count). The Hall–Kier alpha value is -1.22. The molecule has 1 heterocycles. The van der Waals surface area contributed by atoms with E-state index in [1.54, 1.807) is 0 Å². The number of nitrogens with one attached hydrogen (secondary N) is 1. The van der Waals surface area contributed by atoms with E-state index in [9.17, 15) is 0 Å². The van der Waals surface area contributed by atoms with Crippen molar-refractivity contribution < 1.29 is 9.47 Å². The summed E-state index contributed by atoms with van der Waals surface area (Å²) in [5, 5.41) is 3.49. The normalized spacial score (nSPS) is 14.1. The van der Waals surface area contributed by atoms with Crippen LogP contribution in [0, 0.1) is 0 Å². The van der Waals surface area contributed by atoms with E-state index in [-0.39, 0.29) is 5.54 Å². The third kappa shape index (κ3) is 3.63. The van der Waals surface area contributed by atoms with Crippen LogP contribution in [-0.4, -0.2) is 18.9 Å². The standard InChI is InChI=1S/C14H21NO2/c1-14(2,3)15-8-4-5-11-6-7-12-13(9-11)17-10-16-12/h6-7,9,15H,4-5,8,10H2,1-3H3. The van der Waals surface area contributed by atoms with Gasteiger partial charge >= 0.3 is 0 Å². The van der Waals surface area contributed by atoms with Crippen LogP contribution in [0.4, 0.5) is 0 Å². The third-order valence-electron chi connectivity index (χ3n) is 2.73. The minimum absolute atomic E-state index is 0.203. The second-order valence-electron chi connectivity index (χ2n) is 5.47. The van der Waals surface area contributed by atoms with Gasteiger partial charge in [0.25, 0.3) is 0 Å². The third-order valence-corrected chi connectivity index (χ3v) is 2.73. The molecule has 0 aliphatic carbocycles. The molecule has 0 fully saturated rings. The molecule has 0 bridgehead atoms. The molecule has 17 heavy (non-hydrogen) atoms. The molecule has 0 spiro atoms. The van der Waals surface area contributed by atoms with E-state index in [0.29, 0.717) is 6.79 Å². The highest BCUT2D eigenvalue weighted by atomic mass is 16.7. The lowest BCUT2D eigenvalue weighted by Crippen LogP contribution is -2.36. The van der Waals surface area contributed by atoms with E-state index in [0.717, 1.165) is 30.9 Å². The first-order valence-corrected chi connectivity index (χ1v) is 6.18. The van der Waals surface area contributed by atoms with Gasteiger partial charge in [-0.25, -0.2) is 0 Å². The summed E-state index contributed by atoms with van der Waals surface area (Å²) >= 11 is 0. The largest absolute Gasteiger partial charge is 0.454 e. The van der Waals surface area contributed by atoms with Crippen LogP contribution in [0.15, 0.2) is 18.2 Å². The molecule has 94 valence electrons. The van der Waals surface area contributed by atoms with Gasteiger partial charge in [0.05, 0.1) is 0 Å². The molecule has 1 aromatic rings. The van der Waals surface area contributed by atoms with Crippen molar-refractivity contribution in [1.82, 2.24) is 5.32 Å². The Morgan fingerprint density at radius 1 is 1.18 bits per heavy atom. The van der Waals surface area contributed by atoms with Crippen LogP contribution < -0.4 is 14.8 Å². The van der Waals surface area contributed by atoms with Gasteiger partial charge in [-0.2, -0.15) is 0 Å². The van der Waals surface area contributed by atoms with Crippen LogP contribution in [0.1, 0.15) is 32.8 Å². The second kappa shape index (κ2) is 4.96. The van der Waals surface area contributed by atoms with Gasteiger partial charge in [0.15, 0.2) is 11.5 Å². The fourth-order valence-electron chi connectivity index (χ4n) is 1.85. The Labute approximate surface area is 103 Å². The number of hydrogen-bond acceptors (Lipinski definition) is 3. The smallest absolute Gasteiger partial charge is 0.231 e. The molecular formula is C14H21NO2. The summed E-state index contributed by atoms with van der Waals surface area (Å²) < 4.78 is 10.7. The molecule has 0 radical (unpaired) electrons. The van der Waals surface area contributed by atoms with Crippen LogP contribution >= 0.6 is 0 Å². The zero-order chi connectivity index (χ0) is 12.3. The topological polar surface area (TPSA) is 30.5 Å². The van der Waals surface area contributed by atoms with Gasteiger partial charge < -0.3 is 14.8 Å². The van der Waals surface area contributed by atoms with Gasteiger partial charge in [0.2, 0.25) is 6.79 Å². The summed E-state index contributed by atoms with van der Waals surface area (Å²) in [7, 11) is 0. The second-order valence-corrected chi connectivity index (χ2v) is 5.47. The lowest BCUT2D eigenvalue weighted by molar-refractivity contribution is 0.174. The lowest BCUT2D eigenvalue weighted by atomic mass is 10.1. The Balaban J connectivity index is 1.80. The molecule has 0 saturated carbocycles. The van der Waals surface area contributed by atoms with Crippen molar-refractivity contribution in [2.24, 2.45) is 0 Å². The first-order valence-electron chi connectivity index (χ1n) is 6.18. The van der Waals surface area contributed by atoms with Crippen molar-refractivity contribution in [1.29, 1.82) is 0 Å².